The van der Waals surface area contributed by atoms with Crippen LogP contribution in [0.25, 0.3) is 44.7 Å². The molecule has 6 aromatic carbocycles. The molecule has 0 saturated heterocycles. The fourth-order valence-electron chi connectivity index (χ4n) is 9.47. The summed E-state index contributed by atoms with van der Waals surface area (Å²) in [5.74, 6) is 0.227. The van der Waals surface area contributed by atoms with Gasteiger partial charge in [-0.25, -0.2) is 0 Å². The summed E-state index contributed by atoms with van der Waals surface area (Å²) in [5.41, 5.74) is 18.7. The molecule has 2 aliphatic carbocycles. The van der Waals surface area contributed by atoms with Crippen LogP contribution in [0.1, 0.15) is 59.0 Å². The number of allylic oxidation sites excluding steroid dienone is 9. The largest absolute Gasteiger partial charge is 0.374 e. The Hall–Kier alpha value is -7.10. The van der Waals surface area contributed by atoms with E-state index in [2.05, 4.69) is 221 Å². The molecule has 278 valence electrons. The molecule has 0 bridgehead atoms. The molecule has 1 aromatic heterocycles. The molecule has 3 heterocycles. The first-order valence-electron chi connectivity index (χ1n) is 20.6. The van der Waals surface area contributed by atoms with Crippen molar-refractivity contribution < 1.29 is 0 Å². The molecule has 58 heavy (non-hydrogen) atoms. The van der Waals surface area contributed by atoms with Crippen molar-refractivity contribution >= 4 is 33.4 Å². The minimum atomic E-state index is 0.0288. The molecular formula is C55H43N3. The normalized spacial score (nSPS) is 18.3. The van der Waals surface area contributed by atoms with Crippen LogP contribution in [0.5, 0.6) is 0 Å². The maximum atomic E-state index is 3.89. The molecule has 1 N–H and O–H groups in total. The second-order valence-corrected chi connectivity index (χ2v) is 15.6. The molecule has 0 saturated carbocycles. The molecule has 7 aromatic rings. The molecule has 0 fully saturated rings. The van der Waals surface area contributed by atoms with E-state index in [1.54, 1.807) is 0 Å². The number of hydrogen-bond acceptors (Lipinski definition) is 2. The number of rotatable bonds is 6. The maximum Gasteiger partial charge on any atom is 0.0707 e. The van der Waals surface area contributed by atoms with Crippen LogP contribution in [0, 0.1) is 0 Å². The van der Waals surface area contributed by atoms with Gasteiger partial charge in [-0.2, -0.15) is 0 Å². The molecule has 3 nitrogen and oxygen atoms in total. The smallest absolute Gasteiger partial charge is 0.0707 e. The highest BCUT2D eigenvalue weighted by Gasteiger charge is 2.34. The fraction of sp³-hybridized carbons (Fsp3) is 0.0909. The number of nitrogens with zero attached hydrogens (tertiary/aromatic N) is 2. The zero-order valence-electron chi connectivity index (χ0n) is 32.3. The van der Waals surface area contributed by atoms with E-state index in [0.29, 0.717) is 0 Å². The topological polar surface area (TPSA) is 20.2 Å². The Bertz CT molecular complexity index is 2880. The molecule has 2 atom stereocenters. The van der Waals surface area contributed by atoms with Gasteiger partial charge in [0.2, 0.25) is 0 Å². The Labute approximate surface area is 340 Å². The van der Waals surface area contributed by atoms with Crippen LogP contribution >= 0.6 is 0 Å². The molecule has 3 heteroatoms. The predicted molar refractivity (Wildman–Crippen MR) is 242 cm³/mol. The zero-order chi connectivity index (χ0) is 38.4. The number of aromatic nitrogens is 1. The quantitative estimate of drug-likeness (QED) is 0.183. The van der Waals surface area contributed by atoms with Crippen LogP contribution in [0.3, 0.4) is 0 Å². The van der Waals surface area contributed by atoms with Gasteiger partial charge in [0.25, 0.3) is 0 Å². The van der Waals surface area contributed by atoms with Crippen molar-refractivity contribution in [3.8, 4) is 16.9 Å². The van der Waals surface area contributed by atoms with Crippen LogP contribution in [0.15, 0.2) is 218 Å². The maximum absolute atomic E-state index is 3.89. The molecular weight excluding hydrogens is 703 g/mol. The average molecular weight is 746 g/mol. The van der Waals surface area contributed by atoms with E-state index in [0.717, 1.165) is 25.0 Å². The predicted octanol–water partition coefficient (Wildman–Crippen LogP) is 13.6. The van der Waals surface area contributed by atoms with Gasteiger partial charge in [0.05, 0.1) is 22.9 Å². The average Bonchev–Trinajstić information content (AvgIpc) is 3.59. The van der Waals surface area contributed by atoms with Crippen molar-refractivity contribution in [2.75, 3.05) is 4.90 Å². The van der Waals surface area contributed by atoms with Crippen LogP contribution in [0.4, 0.5) is 5.69 Å². The van der Waals surface area contributed by atoms with Gasteiger partial charge in [-0.05, 0) is 89.6 Å². The lowest BCUT2D eigenvalue weighted by atomic mass is 9.87. The number of anilines is 1. The highest BCUT2D eigenvalue weighted by atomic mass is 15.2. The van der Waals surface area contributed by atoms with E-state index in [1.165, 1.54) is 83.9 Å². The van der Waals surface area contributed by atoms with E-state index >= 15 is 0 Å². The SMILES string of the molecule is C1=CC2=C(CC1)N(C1=CC(c3cccc(C4C=C(c5ccccc5)C=C(c5ccccc5)N4)c3)CC=C1)c1ccccc1-c1c2c2ccccc2n1-c1ccccc1. The highest BCUT2D eigenvalue weighted by molar-refractivity contribution is 6.08. The second kappa shape index (κ2) is 14.4. The lowest BCUT2D eigenvalue weighted by Crippen LogP contribution is -2.24. The second-order valence-electron chi connectivity index (χ2n) is 15.6. The summed E-state index contributed by atoms with van der Waals surface area (Å²) < 4.78 is 2.48. The van der Waals surface area contributed by atoms with Crippen molar-refractivity contribution in [2.45, 2.75) is 31.2 Å². The third kappa shape index (κ3) is 5.90. The summed E-state index contributed by atoms with van der Waals surface area (Å²) in [7, 11) is 0. The molecule has 0 radical (unpaired) electrons. The standard InChI is InChI=1S/C55H43N3/c1-4-18-38(19-5-1)43-36-49(39-20-6-2-7-21-39)56-50(37-43)42-24-16-22-40(34-42)41-23-17-27-45(35-41)57-51-31-13-10-28-46(51)54-47-29-11-14-32-52(47)58(44-25-8-3-9-26-44)55(54)48-30-12-15-33-53(48)57/h1-12,14-22,24-30,32-37,41,50,56H,13,23,31H2. The molecule has 11 rings (SSSR count). The van der Waals surface area contributed by atoms with Gasteiger partial charge in [0.15, 0.2) is 0 Å². The third-order valence-electron chi connectivity index (χ3n) is 12.1. The minimum absolute atomic E-state index is 0.0288. The molecule has 2 aliphatic heterocycles. The van der Waals surface area contributed by atoms with E-state index in [9.17, 15) is 0 Å². The van der Waals surface area contributed by atoms with Crippen molar-refractivity contribution in [3.05, 3.63) is 246 Å². The summed E-state index contributed by atoms with van der Waals surface area (Å²) in [6, 6.07) is 59.5. The van der Waals surface area contributed by atoms with Crippen LogP contribution in [0.2, 0.25) is 0 Å². The van der Waals surface area contributed by atoms with Crippen molar-refractivity contribution in [1.82, 2.24) is 9.88 Å². The van der Waals surface area contributed by atoms with Crippen LogP contribution in [-0.2, 0) is 0 Å². The van der Waals surface area contributed by atoms with Gasteiger partial charge in [-0.15, -0.1) is 0 Å². The summed E-state index contributed by atoms with van der Waals surface area (Å²) in [4.78, 5) is 2.58. The van der Waals surface area contributed by atoms with Gasteiger partial charge in [0, 0.05) is 50.8 Å². The first kappa shape index (κ1) is 34.2. The summed E-state index contributed by atoms with van der Waals surface area (Å²) in [6.07, 6.45) is 19.6. The Morgan fingerprint density at radius 3 is 2.17 bits per heavy atom. The number of para-hydroxylation sites is 3. The van der Waals surface area contributed by atoms with Gasteiger partial charge in [0.1, 0.15) is 0 Å². The number of dihydropyridines is 1. The van der Waals surface area contributed by atoms with Crippen LogP contribution in [-0.4, -0.2) is 4.57 Å². The number of fused-ring (bicyclic) bond motifs is 6. The number of benzene rings is 6. The Morgan fingerprint density at radius 1 is 0.603 bits per heavy atom. The molecule has 2 unspecified atom stereocenters. The van der Waals surface area contributed by atoms with Gasteiger partial charge < -0.3 is 14.8 Å². The van der Waals surface area contributed by atoms with Gasteiger partial charge >= 0.3 is 0 Å². The van der Waals surface area contributed by atoms with Gasteiger partial charge in [-0.3, -0.25) is 0 Å². The van der Waals surface area contributed by atoms with Crippen LogP contribution < -0.4 is 10.2 Å². The van der Waals surface area contributed by atoms with Crippen molar-refractivity contribution in [1.29, 1.82) is 0 Å². The van der Waals surface area contributed by atoms with Crippen molar-refractivity contribution in [3.63, 3.8) is 0 Å². The zero-order valence-corrected chi connectivity index (χ0v) is 32.3. The highest BCUT2D eigenvalue weighted by Crippen LogP contribution is 2.51. The number of nitrogens with one attached hydrogen (secondary N) is 1. The molecule has 4 aliphatic rings. The minimum Gasteiger partial charge on any atom is -0.374 e. The van der Waals surface area contributed by atoms with E-state index < -0.39 is 0 Å². The monoisotopic (exact) mass is 745 g/mol. The van der Waals surface area contributed by atoms with E-state index in [4.69, 9.17) is 0 Å². The number of hydrogen-bond donors (Lipinski definition) is 1. The summed E-state index contributed by atoms with van der Waals surface area (Å²) >= 11 is 0. The van der Waals surface area contributed by atoms with Crippen molar-refractivity contribution in [2.24, 2.45) is 0 Å². The van der Waals surface area contributed by atoms with E-state index in [1.807, 2.05) is 0 Å². The fourth-order valence-corrected chi connectivity index (χ4v) is 9.47. The lowest BCUT2D eigenvalue weighted by molar-refractivity contribution is 0.759. The Balaban J connectivity index is 1.02. The molecule has 0 spiro atoms. The van der Waals surface area contributed by atoms with Gasteiger partial charge in [-0.1, -0.05) is 164 Å². The first-order chi connectivity index (χ1) is 28.8. The Morgan fingerprint density at radius 2 is 1.33 bits per heavy atom. The lowest BCUT2D eigenvalue weighted by Gasteiger charge is -2.33. The summed E-state index contributed by atoms with van der Waals surface area (Å²) in [6.45, 7) is 0. The summed E-state index contributed by atoms with van der Waals surface area (Å²) in [5, 5.41) is 5.18. The first-order valence-corrected chi connectivity index (χ1v) is 20.6. The molecule has 0 amide bonds. The Kier molecular flexibility index (Phi) is 8.51. The third-order valence-corrected chi connectivity index (χ3v) is 12.1. The van der Waals surface area contributed by atoms with E-state index in [-0.39, 0.29) is 12.0 Å².